The molecule has 15 heavy (non-hydrogen) atoms. The SMILES string of the molecule is C=C(C(N)=O)[C@H]1C[C@@H](C)CC[C@@H]1C(C)C. The van der Waals surface area contributed by atoms with Crippen LogP contribution in [-0.2, 0) is 4.79 Å². The Kier molecular flexibility index (Phi) is 3.95. The summed E-state index contributed by atoms with van der Waals surface area (Å²) >= 11 is 0. The molecular formula is C13H23NO. The van der Waals surface area contributed by atoms with E-state index in [2.05, 4.69) is 27.4 Å². The third-order valence-electron chi connectivity index (χ3n) is 3.79. The third-order valence-corrected chi connectivity index (χ3v) is 3.79. The van der Waals surface area contributed by atoms with E-state index in [1.54, 1.807) is 0 Å². The van der Waals surface area contributed by atoms with Crippen LogP contribution in [0, 0.1) is 23.7 Å². The second-order valence-corrected chi connectivity index (χ2v) is 5.32. The van der Waals surface area contributed by atoms with Gasteiger partial charge in [0.25, 0.3) is 0 Å². The molecule has 2 N–H and O–H groups in total. The normalized spacial score (nSPS) is 31.6. The lowest BCUT2D eigenvalue weighted by molar-refractivity contribution is -0.115. The molecule has 0 unspecified atom stereocenters. The van der Waals surface area contributed by atoms with Gasteiger partial charge in [-0.05, 0) is 36.5 Å². The molecule has 1 fully saturated rings. The minimum absolute atomic E-state index is 0.311. The second kappa shape index (κ2) is 4.82. The summed E-state index contributed by atoms with van der Waals surface area (Å²) in [6, 6.07) is 0. The van der Waals surface area contributed by atoms with Gasteiger partial charge < -0.3 is 5.73 Å². The molecule has 2 nitrogen and oxygen atoms in total. The lowest BCUT2D eigenvalue weighted by Gasteiger charge is -2.37. The summed E-state index contributed by atoms with van der Waals surface area (Å²) in [6.45, 7) is 10.6. The maximum Gasteiger partial charge on any atom is 0.244 e. The Hall–Kier alpha value is -0.790. The zero-order chi connectivity index (χ0) is 11.6. The van der Waals surface area contributed by atoms with Crippen LogP contribution in [0.1, 0.15) is 40.0 Å². The molecule has 3 atom stereocenters. The molecule has 0 aromatic rings. The fourth-order valence-corrected chi connectivity index (χ4v) is 2.79. The van der Waals surface area contributed by atoms with Crippen molar-refractivity contribution in [2.75, 3.05) is 0 Å². The van der Waals surface area contributed by atoms with Crippen molar-refractivity contribution in [3.8, 4) is 0 Å². The molecule has 86 valence electrons. The average Bonchev–Trinajstić information content (AvgIpc) is 2.15. The van der Waals surface area contributed by atoms with E-state index in [4.69, 9.17) is 5.73 Å². The Bertz CT molecular complexity index is 257. The number of carbonyl (C=O) groups excluding carboxylic acids is 1. The fourth-order valence-electron chi connectivity index (χ4n) is 2.79. The van der Waals surface area contributed by atoms with Crippen molar-refractivity contribution in [2.45, 2.75) is 40.0 Å². The molecule has 0 spiro atoms. The topological polar surface area (TPSA) is 43.1 Å². The summed E-state index contributed by atoms with van der Waals surface area (Å²) in [4.78, 5) is 11.2. The van der Waals surface area contributed by atoms with Gasteiger partial charge in [-0.3, -0.25) is 4.79 Å². The molecule has 1 aliphatic rings. The smallest absolute Gasteiger partial charge is 0.244 e. The van der Waals surface area contributed by atoms with Gasteiger partial charge in [-0.15, -0.1) is 0 Å². The van der Waals surface area contributed by atoms with E-state index in [1.165, 1.54) is 12.8 Å². The molecule has 0 bridgehead atoms. The lowest BCUT2D eigenvalue weighted by atomic mass is 9.67. The van der Waals surface area contributed by atoms with Gasteiger partial charge >= 0.3 is 0 Å². The standard InChI is InChI=1S/C13H23NO/c1-8(2)11-6-5-9(3)7-12(11)10(4)13(14)15/h8-9,11-12H,4-7H2,1-3H3,(H2,14,15)/t9-,11+,12+/m0/s1. The molecule has 1 aliphatic carbocycles. The Balaban J connectivity index is 2.79. The number of hydrogen-bond acceptors (Lipinski definition) is 1. The Morgan fingerprint density at radius 1 is 1.40 bits per heavy atom. The van der Waals surface area contributed by atoms with Crippen LogP contribution in [0.5, 0.6) is 0 Å². The van der Waals surface area contributed by atoms with Crippen molar-refractivity contribution < 1.29 is 4.79 Å². The summed E-state index contributed by atoms with van der Waals surface area (Å²) in [6.07, 6.45) is 3.55. The highest BCUT2D eigenvalue weighted by molar-refractivity contribution is 5.91. The first-order valence-electron chi connectivity index (χ1n) is 5.92. The van der Waals surface area contributed by atoms with Crippen molar-refractivity contribution in [1.82, 2.24) is 0 Å². The molecule has 1 rings (SSSR count). The minimum Gasteiger partial charge on any atom is -0.366 e. The van der Waals surface area contributed by atoms with E-state index in [1.807, 2.05) is 0 Å². The minimum atomic E-state index is -0.320. The molecule has 0 radical (unpaired) electrons. The Morgan fingerprint density at radius 2 is 2.00 bits per heavy atom. The van der Waals surface area contributed by atoms with Gasteiger partial charge in [0, 0.05) is 5.57 Å². The maximum atomic E-state index is 11.2. The average molecular weight is 209 g/mol. The highest BCUT2D eigenvalue weighted by atomic mass is 16.1. The van der Waals surface area contributed by atoms with Crippen LogP contribution in [0.2, 0.25) is 0 Å². The number of carbonyl (C=O) groups is 1. The molecular weight excluding hydrogens is 186 g/mol. The van der Waals surface area contributed by atoms with Crippen LogP contribution in [0.4, 0.5) is 0 Å². The number of primary amides is 1. The Morgan fingerprint density at radius 3 is 2.47 bits per heavy atom. The first-order chi connectivity index (χ1) is 6.93. The van der Waals surface area contributed by atoms with E-state index in [9.17, 15) is 4.79 Å². The van der Waals surface area contributed by atoms with Crippen molar-refractivity contribution in [1.29, 1.82) is 0 Å². The zero-order valence-corrected chi connectivity index (χ0v) is 10.1. The molecule has 0 aromatic carbocycles. The second-order valence-electron chi connectivity index (χ2n) is 5.32. The summed E-state index contributed by atoms with van der Waals surface area (Å²) in [5.41, 5.74) is 5.98. The Labute approximate surface area is 92.9 Å². The largest absolute Gasteiger partial charge is 0.366 e. The highest BCUT2D eigenvalue weighted by Gasteiger charge is 2.33. The summed E-state index contributed by atoms with van der Waals surface area (Å²) < 4.78 is 0. The number of rotatable bonds is 3. The van der Waals surface area contributed by atoms with E-state index in [-0.39, 0.29) is 5.91 Å². The van der Waals surface area contributed by atoms with Crippen molar-refractivity contribution >= 4 is 5.91 Å². The zero-order valence-electron chi connectivity index (χ0n) is 10.1. The monoisotopic (exact) mass is 209 g/mol. The van der Waals surface area contributed by atoms with Gasteiger partial charge in [-0.1, -0.05) is 33.8 Å². The van der Waals surface area contributed by atoms with E-state index in [0.29, 0.717) is 29.2 Å². The highest BCUT2D eigenvalue weighted by Crippen LogP contribution is 2.41. The van der Waals surface area contributed by atoms with Crippen molar-refractivity contribution in [3.05, 3.63) is 12.2 Å². The summed E-state index contributed by atoms with van der Waals surface area (Å²) in [7, 11) is 0. The fraction of sp³-hybridized carbons (Fsp3) is 0.769. The molecule has 0 aromatic heterocycles. The van der Waals surface area contributed by atoms with Crippen LogP contribution in [0.25, 0.3) is 0 Å². The van der Waals surface area contributed by atoms with E-state index in [0.717, 1.165) is 6.42 Å². The summed E-state index contributed by atoms with van der Waals surface area (Å²) in [5, 5.41) is 0. The van der Waals surface area contributed by atoms with Gasteiger partial charge in [0.1, 0.15) is 0 Å². The molecule has 1 saturated carbocycles. The van der Waals surface area contributed by atoms with Crippen LogP contribution >= 0.6 is 0 Å². The number of hydrogen-bond donors (Lipinski definition) is 1. The maximum absolute atomic E-state index is 11.2. The van der Waals surface area contributed by atoms with Crippen LogP contribution < -0.4 is 5.73 Å². The first kappa shape index (κ1) is 12.3. The predicted molar refractivity (Wildman–Crippen MR) is 63.2 cm³/mol. The molecule has 2 heteroatoms. The number of nitrogens with two attached hydrogens (primary N) is 1. The lowest BCUT2D eigenvalue weighted by Crippen LogP contribution is -2.33. The molecule has 1 amide bonds. The third kappa shape index (κ3) is 2.83. The van der Waals surface area contributed by atoms with E-state index >= 15 is 0 Å². The van der Waals surface area contributed by atoms with Crippen LogP contribution in [-0.4, -0.2) is 5.91 Å². The van der Waals surface area contributed by atoms with Gasteiger partial charge in [-0.25, -0.2) is 0 Å². The molecule has 0 saturated heterocycles. The number of amides is 1. The molecule has 0 heterocycles. The molecule has 0 aliphatic heterocycles. The van der Waals surface area contributed by atoms with Crippen molar-refractivity contribution in [3.63, 3.8) is 0 Å². The van der Waals surface area contributed by atoms with Gasteiger partial charge in [-0.2, -0.15) is 0 Å². The predicted octanol–water partition coefficient (Wildman–Crippen LogP) is 2.74. The summed E-state index contributed by atoms with van der Waals surface area (Å²) in [5.74, 6) is 1.88. The van der Waals surface area contributed by atoms with Gasteiger partial charge in [0.15, 0.2) is 0 Å². The van der Waals surface area contributed by atoms with Crippen LogP contribution in [0.15, 0.2) is 12.2 Å². The quantitative estimate of drug-likeness (QED) is 0.714. The van der Waals surface area contributed by atoms with Gasteiger partial charge in [0.05, 0.1) is 0 Å². The first-order valence-corrected chi connectivity index (χ1v) is 5.92. The van der Waals surface area contributed by atoms with Crippen LogP contribution in [0.3, 0.4) is 0 Å². The van der Waals surface area contributed by atoms with Crippen molar-refractivity contribution in [2.24, 2.45) is 29.4 Å². The van der Waals surface area contributed by atoms with Gasteiger partial charge in [0.2, 0.25) is 5.91 Å². The van der Waals surface area contributed by atoms with E-state index < -0.39 is 0 Å².